The summed E-state index contributed by atoms with van der Waals surface area (Å²) in [5.74, 6) is -1.13. The van der Waals surface area contributed by atoms with Crippen molar-refractivity contribution in [1.82, 2.24) is 10.2 Å². The predicted molar refractivity (Wildman–Crippen MR) is 156 cm³/mol. The standard InChI is InChI=1S/C31H36F3N3O4S/c1-5-18-35-30(39)28(6-2)36(20-24-11-8-7-10-23(24)4)29(38)21-37(26-13-9-12-25(19-26)31(32,33)34)42(40,41)27-16-14-22(3)15-17-27/h7-17,19,28H,5-6,18,20-21H2,1-4H3,(H,35,39)/t28-/m0/s1. The molecule has 1 N–H and O–H groups in total. The first-order valence-electron chi connectivity index (χ1n) is 13.7. The first-order chi connectivity index (χ1) is 19.8. The first-order valence-corrected chi connectivity index (χ1v) is 15.1. The molecule has 0 unspecified atom stereocenters. The van der Waals surface area contributed by atoms with E-state index in [-0.39, 0.29) is 23.5 Å². The number of nitrogens with zero attached hydrogens (tertiary/aromatic N) is 2. The molecule has 3 aromatic rings. The summed E-state index contributed by atoms with van der Waals surface area (Å²) in [4.78, 5) is 28.3. The van der Waals surface area contributed by atoms with Crippen LogP contribution in [-0.4, -0.2) is 44.3 Å². The summed E-state index contributed by atoms with van der Waals surface area (Å²) in [6, 6.07) is 16.0. The minimum absolute atomic E-state index is 0.00453. The van der Waals surface area contributed by atoms with Gasteiger partial charge in [0.2, 0.25) is 11.8 Å². The van der Waals surface area contributed by atoms with Gasteiger partial charge in [-0.2, -0.15) is 13.2 Å². The zero-order valence-corrected chi connectivity index (χ0v) is 24.9. The minimum Gasteiger partial charge on any atom is -0.354 e. The number of carbonyl (C=O) groups is 2. The summed E-state index contributed by atoms with van der Waals surface area (Å²) in [5.41, 5.74) is 1.02. The number of rotatable bonds is 12. The molecule has 226 valence electrons. The molecule has 3 aromatic carbocycles. The van der Waals surface area contributed by atoms with E-state index in [1.165, 1.54) is 23.1 Å². The van der Waals surface area contributed by atoms with Crippen molar-refractivity contribution in [1.29, 1.82) is 0 Å². The third kappa shape index (κ3) is 7.90. The van der Waals surface area contributed by atoms with Crippen LogP contribution in [0.3, 0.4) is 0 Å². The van der Waals surface area contributed by atoms with Crippen molar-refractivity contribution in [2.24, 2.45) is 0 Å². The van der Waals surface area contributed by atoms with Crippen LogP contribution >= 0.6 is 0 Å². The highest BCUT2D eigenvalue weighted by molar-refractivity contribution is 7.92. The predicted octanol–water partition coefficient (Wildman–Crippen LogP) is 5.85. The molecule has 2 amide bonds. The van der Waals surface area contributed by atoms with E-state index in [0.717, 1.165) is 28.8 Å². The Bertz CT molecular complexity index is 1490. The molecule has 0 aliphatic rings. The summed E-state index contributed by atoms with van der Waals surface area (Å²) in [5, 5.41) is 2.80. The van der Waals surface area contributed by atoms with Crippen molar-refractivity contribution < 1.29 is 31.2 Å². The second-order valence-corrected chi connectivity index (χ2v) is 11.9. The van der Waals surface area contributed by atoms with E-state index in [4.69, 9.17) is 0 Å². The zero-order chi connectivity index (χ0) is 31.1. The quantitative estimate of drug-likeness (QED) is 0.281. The number of aryl methyl sites for hydroxylation is 2. The van der Waals surface area contributed by atoms with E-state index in [2.05, 4.69) is 5.32 Å². The highest BCUT2D eigenvalue weighted by Gasteiger charge is 2.36. The van der Waals surface area contributed by atoms with Crippen LogP contribution in [0.5, 0.6) is 0 Å². The number of amides is 2. The van der Waals surface area contributed by atoms with E-state index in [1.807, 2.05) is 26.0 Å². The first kappa shape index (κ1) is 32.7. The van der Waals surface area contributed by atoms with E-state index in [1.54, 1.807) is 38.1 Å². The zero-order valence-electron chi connectivity index (χ0n) is 24.1. The molecular formula is C31H36F3N3O4S. The topological polar surface area (TPSA) is 86.8 Å². The van der Waals surface area contributed by atoms with Gasteiger partial charge in [0.15, 0.2) is 0 Å². The van der Waals surface area contributed by atoms with Crippen molar-refractivity contribution >= 4 is 27.5 Å². The van der Waals surface area contributed by atoms with Crippen LogP contribution in [0.25, 0.3) is 0 Å². The summed E-state index contributed by atoms with van der Waals surface area (Å²) in [7, 11) is -4.49. The number of anilines is 1. The number of carbonyl (C=O) groups excluding carboxylic acids is 2. The third-order valence-electron chi connectivity index (χ3n) is 6.89. The Morgan fingerprint density at radius 1 is 0.929 bits per heavy atom. The van der Waals surface area contributed by atoms with Gasteiger partial charge in [-0.05, 0) is 68.1 Å². The smallest absolute Gasteiger partial charge is 0.354 e. The van der Waals surface area contributed by atoms with Crippen molar-refractivity contribution in [2.45, 2.75) is 64.2 Å². The number of nitrogens with one attached hydrogen (secondary N) is 1. The van der Waals surface area contributed by atoms with Crippen LogP contribution in [0.1, 0.15) is 48.9 Å². The molecule has 0 radical (unpaired) electrons. The van der Waals surface area contributed by atoms with Gasteiger partial charge in [-0.1, -0.05) is 61.9 Å². The fraction of sp³-hybridized carbons (Fsp3) is 0.355. The molecular weight excluding hydrogens is 567 g/mol. The number of hydrogen-bond donors (Lipinski definition) is 1. The molecule has 0 aliphatic heterocycles. The molecule has 11 heteroatoms. The molecule has 0 heterocycles. The van der Waals surface area contributed by atoms with Crippen LogP contribution in [0, 0.1) is 13.8 Å². The fourth-order valence-corrected chi connectivity index (χ4v) is 5.87. The van der Waals surface area contributed by atoms with Gasteiger partial charge in [0, 0.05) is 13.1 Å². The largest absolute Gasteiger partial charge is 0.416 e. The highest BCUT2D eigenvalue weighted by atomic mass is 32.2. The molecule has 7 nitrogen and oxygen atoms in total. The van der Waals surface area contributed by atoms with Crippen LogP contribution < -0.4 is 9.62 Å². The Morgan fingerprint density at radius 2 is 1.60 bits per heavy atom. The van der Waals surface area contributed by atoms with Gasteiger partial charge in [-0.25, -0.2) is 8.42 Å². The molecule has 0 spiro atoms. The van der Waals surface area contributed by atoms with E-state index in [9.17, 15) is 31.2 Å². The number of hydrogen-bond acceptors (Lipinski definition) is 4. The maximum atomic E-state index is 14.1. The van der Waals surface area contributed by atoms with Crippen LogP contribution in [0.2, 0.25) is 0 Å². The summed E-state index contributed by atoms with van der Waals surface area (Å²) < 4.78 is 69.3. The van der Waals surface area contributed by atoms with Crippen LogP contribution in [-0.2, 0) is 32.3 Å². The van der Waals surface area contributed by atoms with E-state index >= 15 is 0 Å². The molecule has 0 fully saturated rings. The lowest BCUT2D eigenvalue weighted by Gasteiger charge is -2.33. The maximum absolute atomic E-state index is 14.1. The monoisotopic (exact) mass is 603 g/mol. The lowest BCUT2D eigenvalue weighted by molar-refractivity contribution is -0.140. The molecule has 0 aromatic heterocycles. The summed E-state index contributed by atoms with van der Waals surface area (Å²) in [6.07, 6.45) is -3.83. The Morgan fingerprint density at radius 3 is 2.19 bits per heavy atom. The van der Waals surface area contributed by atoms with Crippen molar-refractivity contribution in [3.05, 3.63) is 95.1 Å². The lowest BCUT2D eigenvalue weighted by Crippen LogP contribution is -2.52. The average Bonchev–Trinajstić information content (AvgIpc) is 2.95. The molecule has 0 saturated heterocycles. The summed E-state index contributed by atoms with van der Waals surface area (Å²) >= 11 is 0. The van der Waals surface area contributed by atoms with Gasteiger partial charge in [0.25, 0.3) is 10.0 Å². The fourth-order valence-electron chi connectivity index (χ4n) is 4.46. The van der Waals surface area contributed by atoms with Crippen molar-refractivity contribution in [2.75, 3.05) is 17.4 Å². The second kappa shape index (κ2) is 13.9. The maximum Gasteiger partial charge on any atom is 0.416 e. The van der Waals surface area contributed by atoms with E-state index < -0.39 is 46.2 Å². The molecule has 0 aliphatic carbocycles. The van der Waals surface area contributed by atoms with Gasteiger partial charge in [0.05, 0.1) is 16.1 Å². The van der Waals surface area contributed by atoms with Crippen molar-refractivity contribution in [3.63, 3.8) is 0 Å². The molecule has 1 atom stereocenters. The number of sulfonamides is 1. The SMILES string of the molecule is CCCNC(=O)[C@H](CC)N(Cc1ccccc1C)C(=O)CN(c1cccc(C(F)(F)F)c1)S(=O)(=O)c1ccc(C)cc1. The minimum atomic E-state index is -4.74. The number of benzene rings is 3. The number of halogens is 3. The Kier molecular flexibility index (Phi) is 10.8. The molecule has 0 saturated carbocycles. The number of alkyl halides is 3. The van der Waals surface area contributed by atoms with Crippen molar-refractivity contribution in [3.8, 4) is 0 Å². The normalized spacial score (nSPS) is 12.5. The molecule has 0 bridgehead atoms. The Labute approximate surface area is 245 Å². The lowest BCUT2D eigenvalue weighted by atomic mass is 10.1. The average molecular weight is 604 g/mol. The Balaban J connectivity index is 2.12. The van der Waals surface area contributed by atoms with Crippen LogP contribution in [0.4, 0.5) is 18.9 Å². The third-order valence-corrected chi connectivity index (χ3v) is 8.67. The highest BCUT2D eigenvalue weighted by Crippen LogP contribution is 2.33. The second-order valence-electron chi connectivity index (χ2n) is 10.0. The van der Waals surface area contributed by atoms with Gasteiger partial charge >= 0.3 is 6.18 Å². The van der Waals surface area contributed by atoms with Crippen LogP contribution in [0.15, 0.2) is 77.7 Å². The van der Waals surface area contributed by atoms with Gasteiger partial charge in [-0.3, -0.25) is 13.9 Å². The molecule has 3 rings (SSSR count). The Hall–Kier alpha value is -3.86. The summed E-state index contributed by atoms with van der Waals surface area (Å²) in [6.45, 7) is 6.82. The van der Waals surface area contributed by atoms with Gasteiger partial charge in [-0.15, -0.1) is 0 Å². The van der Waals surface area contributed by atoms with Gasteiger partial charge < -0.3 is 10.2 Å². The van der Waals surface area contributed by atoms with Gasteiger partial charge in [0.1, 0.15) is 12.6 Å². The molecule has 42 heavy (non-hydrogen) atoms. The van der Waals surface area contributed by atoms with E-state index in [0.29, 0.717) is 23.3 Å².